The predicted molar refractivity (Wildman–Crippen MR) is 321 cm³/mol. The van der Waals surface area contributed by atoms with E-state index >= 15 is 0 Å². The molecule has 0 fully saturated rings. The number of hydrogen-bond acceptors (Lipinski definition) is 2. The number of para-hydroxylation sites is 2. The molecule has 14 aromatic rings. The van der Waals surface area contributed by atoms with E-state index < -0.39 is 0 Å². The van der Waals surface area contributed by atoms with E-state index in [1.807, 2.05) is 0 Å². The van der Waals surface area contributed by atoms with Crippen LogP contribution in [0.2, 0.25) is 0 Å². The largest absolute Gasteiger partial charge is 0.309 e. The fourth-order valence-electron chi connectivity index (χ4n) is 12.3. The van der Waals surface area contributed by atoms with Gasteiger partial charge in [-0.3, -0.25) is 0 Å². The van der Waals surface area contributed by atoms with Crippen LogP contribution in [0, 0.1) is 0 Å². The Morgan fingerprint density at radius 1 is 0.273 bits per heavy atom. The molecule has 4 nitrogen and oxygen atoms in total. The number of rotatable bonds is 8. The third kappa shape index (κ3) is 7.36. The second-order valence-electron chi connectivity index (χ2n) is 21.0. The van der Waals surface area contributed by atoms with E-state index in [0.717, 1.165) is 44.8 Å². The number of benzene rings is 11. The maximum absolute atomic E-state index is 5.26. The van der Waals surface area contributed by atoms with Crippen molar-refractivity contribution in [2.45, 2.75) is 19.3 Å². The molecule has 11 aromatic carbocycles. The van der Waals surface area contributed by atoms with Crippen molar-refractivity contribution in [3.05, 3.63) is 278 Å². The molecule has 0 N–H and O–H groups in total. The first-order valence-corrected chi connectivity index (χ1v) is 26.5. The second-order valence-corrected chi connectivity index (χ2v) is 21.0. The number of hydrogen-bond donors (Lipinski definition) is 0. The number of nitrogens with zero attached hydrogens (tertiary/aromatic N) is 4. The molecule has 15 rings (SSSR count). The van der Waals surface area contributed by atoms with Gasteiger partial charge in [0.15, 0.2) is 5.82 Å². The Balaban J connectivity index is 0.792. The van der Waals surface area contributed by atoms with Gasteiger partial charge in [0.25, 0.3) is 0 Å². The summed E-state index contributed by atoms with van der Waals surface area (Å²) in [7, 11) is 0. The number of aromatic nitrogens is 4. The summed E-state index contributed by atoms with van der Waals surface area (Å²) in [5.41, 5.74) is 24.2. The molecular formula is C73H50N4. The van der Waals surface area contributed by atoms with E-state index in [4.69, 9.17) is 9.97 Å². The van der Waals surface area contributed by atoms with E-state index in [1.165, 1.54) is 93.9 Å². The van der Waals surface area contributed by atoms with Crippen molar-refractivity contribution in [1.82, 2.24) is 19.1 Å². The van der Waals surface area contributed by atoms with Crippen molar-refractivity contribution in [3.8, 4) is 89.8 Å². The fourth-order valence-corrected chi connectivity index (χ4v) is 12.3. The average Bonchev–Trinajstić information content (AvgIpc) is 4.29. The summed E-state index contributed by atoms with van der Waals surface area (Å²) < 4.78 is 4.84. The molecule has 0 aliphatic heterocycles. The smallest absolute Gasteiger partial charge is 0.160 e. The van der Waals surface area contributed by atoms with Crippen LogP contribution in [-0.4, -0.2) is 19.1 Å². The quantitative estimate of drug-likeness (QED) is 0.152. The monoisotopic (exact) mass is 982 g/mol. The normalized spacial score (nSPS) is 12.6. The van der Waals surface area contributed by atoms with Gasteiger partial charge in [0.1, 0.15) is 0 Å². The lowest BCUT2D eigenvalue weighted by molar-refractivity contribution is 0.660. The third-order valence-corrected chi connectivity index (χ3v) is 16.2. The SMILES string of the molecule is CC1(C)c2ccccc2-c2ccc(-n3c4ccccc4c4cc(-c5ccc6c(c5)c5ccccc5n6-c5ccc(-c6nc(-c7ccc(-c8ccccc8)cc7)cc(-c7ccc(-c8ccccc8)cc7)n6)cc5)ccc43)cc21. The van der Waals surface area contributed by atoms with Crippen LogP contribution >= 0.6 is 0 Å². The maximum Gasteiger partial charge on any atom is 0.160 e. The summed E-state index contributed by atoms with van der Waals surface area (Å²) in [5, 5.41) is 4.91. The fraction of sp³-hybridized carbons (Fsp3) is 0.0411. The molecule has 77 heavy (non-hydrogen) atoms. The minimum absolute atomic E-state index is 0.0827. The van der Waals surface area contributed by atoms with Crippen LogP contribution in [0.25, 0.3) is 133 Å². The van der Waals surface area contributed by atoms with Gasteiger partial charge in [-0.1, -0.05) is 202 Å². The van der Waals surface area contributed by atoms with E-state index in [2.05, 4.69) is 290 Å². The van der Waals surface area contributed by atoms with E-state index in [0.29, 0.717) is 5.82 Å². The second kappa shape index (κ2) is 17.6. The van der Waals surface area contributed by atoms with Crippen molar-refractivity contribution >= 4 is 43.6 Å². The first kappa shape index (κ1) is 44.6. The van der Waals surface area contributed by atoms with Gasteiger partial charge in [0.2, 0.25) is 0 Å². The van der Waals surface area contributed by atoms with Crippen molar-refractivity contribution in [2.24, 2.45) is 0 Å². The Morgan fingerprint density at radius 2 is 0.675 bits per heavy atom. The van der Waals surface area contributed by atoms with Crippen molar-refractivity contribution < 1.29 is 0 Å². The third-order valence-electron chi connectivity index (χ3n) is 16.2. The van der Waals surface area contributed by atoms with Crippen LogP contribution in [0.1, 0.15) is 25.0 Å². The van der Waals surface area contributed by atoms with E-state index in [-0.39, 0.29) is 5.41 Å². The minimum atomic E-state index is -0.0827. The van der Waals surface area contributed by atoms with Gasteiger partial charge in [-0.2, -0.15) is 0 Å². The van der Waals surface area contributed by atoms with Crippen molar-refractivity contribution in [2.75, 3.05) is 0 Å². The Labute approximate surface area is 447 Å². The van der Waals surface area contributed by atoms with Gasteiger partial charge in [0, 0.05) is 55.0 Å². The zero-order valence-electron chi connectivity index (χ0n) is 42.7. The van der Waals surface area contributed by atoms with Crippen LogP contribution in [0.15, 0.2) is 267 Å². The highest BCUT2D eigenvalue weighted by Gasteiger charge is 2.35. The molecule has 0 bridgehead atoms. The highest BCUT2D eigenvalue weighted by Crippen LogP contribution is 2.50. The standard InChI is InChI=1S/C73H50N4/c1-73(2)64-22-12-9-19-58(64)59-40-39-57(45-65(59)73)77-69-24-14-11-21-61(69)63-44-55(36-42-71(63)77)54-35-41-70-62(43-54)60-20-10-13-23-68(60)76(70)56-37-33-53(34-38-56)72-74-66(51-29-25-49(26-30-51)47-15-5-3-6-16-47)46-67(75-72)52-31-27-50(28-32-52)48-17-7-4-8-18-48/h3-46H,1-2H3. The topological polar surface area (TPSA) is 35.6 Å². The Morgan fingerprint density at radius 3 is 1.23 bits per heavy atom. The molecular weight excluding hydrogens is 933 g/mol. The zero-order chi connectivity index (χ0) is 51.2. The number of fused-ring (bicyclic) bond motifs is 9. The lowest BCUT2D eigenvalue weighted by Gasteiger charge is -2.22. The summed E-state index contributed by atoms with van der Waals surface area (Å²) in [4.78, 5) is 10.5. The first-order chi connectivity index (χ1) is 37.9. The van der Waals surface area contributed by atoms with Crippen LogP contribution in [0.4, 0.5) is 0 Å². The zero-order valence-corrected chi connectivity index (χ0v) is 42.7. The summed E-state index contributed by atoms with van der Waals surface area (Å²) in [6, 6.07) is 96.7. The molecule has 0 unspecified atom stereocenters. The highest BCUT2D eigenvalue weighted by molar-refractivity contribution is 6.13. The maximum atomic E-state index is 5.26. The molecule has 362 valence electrons. The molecule has 0 amide bonds. The van der Waals surface area contributed by atoms with Gasteiger partial charge in [-0.05, 0) is 134 Å². The van der Waals surface area contributed by atoms with Crippen molar-refractivity contribution in [3.63, 3.8) is 0 Å². The molecule has 1 aliphatic rings. The molecule has 3 aromatic heterocycles. The van der Waals surface area contributed by atoms with E-state index in [9.17, 15) is 0 Å². The molecule has 4 heteroatoms. The molecule has 0 radical (unpaired) electrons. The lowest BCUT2D eigenvalue weighted by atomic mass is 9.82. The molecule has 0 atom stereocenters. The van der Waals surface area contributed by atoms with Gasteiger partial charge < -0.3 is 9.13 Å². The first-order valence-electron chi connectivity index (χ1n) is 26.5. The highest BCUT2D eigenvalue weighted by atomic mass is 15.0. The minimum Gasteiger partial charge on any atom is -0.309 e. The van der Waals surface area contributed by atoms with Crippen LogP contribution in [-0.2, 0) is 5.41 Å². The van der Waals surface area contributed by atoms with E-state index in [1.54, 1.807) is 0 Å². The molecule has 1 aliphatic carbocycles. The predicted octanol–water partition coefficient (Wildman–Crippen LogP) is 19.0. The molecule has 0 saturated heterocycles. The van der Waals surface area contributed by atoms with Crippen LogP contribution < -0.4 is 0 Å². The Hall–Kier alpha value is -9.90. The van der Waals surface area contributed by atoms with Crippen LogP contribution in [0.5, 0.6) is 0 Å². The molecule has 0 spiro atoms. The Bertz CT molecular complexity index is 4500. The lowest BCUT2D eigenvalue weighted by Crippen LogP contribution is -2.15. The van der Waals surface area contributed by atoms with Crippen molar-refractivity contribution in [1.29, 1.82) is 0 Å². The molecule has 3 heterocycles. The average molecular weight is 983 g/mol. The summed E-state index contributed by atoms with van der Waals surface area (Å²) in [5.74, 6) is 0.678. The molecule has 0 saturated carbocycles. The van der Waals surface area contributed by atoms with Gasteiger partial charge in [0.05, 0.1) is 33.5 Å². The van der Waals surface area contributed by atoms with Gasteiger partial charge in [-0.15, -0.1) is 0 Å². The summed E-state index contributed by atoms with van der Waals surface area (Å²) >= 11 is 0. The summed E-state index contributed by atoms with van der Waals surface area (Å²) in [6.45, 7) is 4.71. The van der Waals surface area contributed by atoms with Gasteiger partial charge in [-0.25, -0.2) is 9.97 Å². The summed E-state index contributed by atoms with van der Waals surface area (Å²) in [6.07, 6.45) is 0. The Kier molecular flexibility index (Phi) is 10.2. The van der Waals surface area contributed by atoms with Gasteiger partial charge >= 0.3 is 0 Å². The van der Waals surface area contributed by atoms with Crippen LogP contribution in [0.3, 0.4) is 0 Å².